The molecule has 0 unspecified atom stereocenters. The van der Waals surface area contributed by atoms with Gasteiger partial charge in [0, 0.05) is 12.6 Å². The van der Waals surface area contributed by atoms with Crippen molar-refractivity contribution in [1.82, 2.24) is 9.88 Å². The number of nitrogens with one attached hydrogen (secondary N) is 1. The zero-order chi connectivity index (χ0) is 14.4. The lowest BCUT2D eigenvalue weighted by Crippen LogP contribution is -2.37. The van der Waals surface area contributed by atoms with Crippen molar-refractivity contribution in [2.75, 3.05) is 6.61 Å². The molecule has 1 heterocycles. The lowest BCUT2D eigenvalue weighted by Gasteiger charge is -2.14. The quantitative estimate of drug-likeness (QED) is 0.576. The minimum Gasteiger partial charge on any atom is -0.394 e. The molecule has 0 radical (unpaired) electrons. The van der Waals surface area contributed by atoms with Crippen molar-refractivity contribution in [2.45, 2.75) is 39.3 Å². The molecule has 1 amide bonds. The highest BCUT2D eigenvalue weighted by atomic mass is 16.6. The molecule has 1 atom stereocenters. The Hall–Kier alpha value is -1.89. The maximum atomic E-state index is 12.0. The summed E-state index contributed by atoms with van der Waals surface area (Å²) in [7, 11) is 0. The second-order valence-electron chi connectivity index (χ2n) is 4.30. The van der Waals surface area contributed by atoms with Gasteiger partial charge in [0.05, 0.1) is 23.8 Å². The van der Waals surface area contributed by atoms with E-state index in [2.05, 4.69) is 5.32 Å². The van der Waals surface area contributed by atoms with Crippen LogP contribution in [0.4, 0.5) is 5.69 Å². The molecule has 2 N–H and O–H groups in total. The van der Waals surface area contributed by atoms with E-state index in [4.69, 9.17) is 5.11 Å². The highest BCUT2D eigenvalue weighted by Crippen LogP contribution is 2.17. The normalized spacial score (nSPS) is 12.2. The van der Waals surface area contributed by atoms with Crippen molar-refractivity contribution in [1.29, 1.82) is 0 Å². The topological polar surface area (TPSA) is 97.4 Å². The number of nitro groups is 1. The maximum Gasteiger partial charge on any atom is 0.287 e. The summed E-state index contributed by atoms with van der Waals surface area (Å²) < 4.78 is 1.57. The molecule has 0 aliphatic heterocycles. The fraction of sp³-hybridized carbons (Fsp3) is 0.583. The first-order chi connectivity index (χ1) is 9.03. The van der Waals surface area contributed by atoms with Crippen LogP contribution < -0.4 is 5.32 Å². The third-order valence-electron chi connectivity index (χ3n) is 2.84. The monoisotopic (exact) mass is 269 g/mol. The number of carbonyl (C=O) groups is 1. The van der Waals surface area contributed by atoms with Crippen LogP contribution in [0.2, 0.25) is 0 Å². The predicted molar refractivity (Wildman–Crippen MR) is 70.0 cm³/mol. The molecule has 1 rings (SSSR count). The van der Waals surface area contributed by atoms with Crippen molar-refractivity contribution in [3.05, 3.63) is 28.1 Å². The number of amides is 1. The van der Waals surface area contributed by atoms with Crippen LogP contribution in [0, 0.1) is 10.1 Å². The van der Waals surface area contributed by atoms with Gasteiger partial charge in [-0.05, 0) is 12.8 Å². The summed E-state index contributed by atoms with van der Waals surface area (Å²) in [6.45, 7) is 4.15. The van der Waals surface area contributed by atoms with Gasteiger partial charge in [0.15, 0.2) is 0 Å². The average Bonchev–Trinajstić information content (AvgIpc) is 2.80. The first kappa shape index (κ1) is 15.2. The number of hydrogen-bond donors (Lipinski definition) is 2. The fourth-order valence-corrected chi connectivity index (χ4v) is 1.75. The lowest BCUT2D eigenvalue weighted by atomic mass is 10.2. The van der Waals surface area contributed by atoms with Crippen LogP contribution in [0.5, 0.6) is 0 Å². The van der Waals surface area contributed by atoms with Crippen molar-refractivity contribution in [3.63, 3.8) is 0 Å². The first-order valence-electron chi connectivity index (χ1n) is 6.29. The molecule has 0 bridgehead atoms. The van der Waals surface area contributed by atoms with Crippen LogP contribution in [0.1, 0.15) is 37.2 Å². The summed E-state index contributed by atoms with van der Waals surface area (Å²) in [5.41, 5.74) is 0.149. The van der Waals surface area contributed by atoms with Crippen LogP contribution >= 0.6 is 0 Å². The molecule has 1 aromatic rings. The number of hydrogen-bond acceptors (Lipinski definition) is 4. The van der Waals surface area contributed by atoms with Gasteiger partial charge in [-0.1, -0.05) is 13.8 Å². The average molecular weight is 269 g/mol. The molecular formula is C12H19N3O4. The third-order valence-corrected chi connectivity index (χ3v) is 2.84. The highest BCUT2D eigenvalue weighted by Gasteiger charge is 2.20. The Morgan fingerprint density at radius 3 is 2.74 bits per heavy atom. The number of aliphatic hydroxyl groups excluding tert-OH is 1. The standard InChI is InChI=1S/C12H19N3O4/c1-3-5-14-7-10(15(18)19)6-11(14)12(17)13-9(4-2)8-16/h6-7,9,16H,3-5,8H2,1-2H3,(H,13,17)/t9-/m0/s1. The van der Waals surface area contributed by atoms with Crippen LogP contribution in [-0.4, -0.2) is 33.2 Å². The lowest BCUT2D eigenvalue weighted by molar-refractivity contribution is -0.384. The summed E-state index contributed by atoms with van der Waals surface area (Å²) in [4.78, 5) is 22.3. The minimum absolute atomic E-state index is 0.101. The van der Waals surface area contributed by atoms with E-state index < -0.39 is 10.8 Å². The van der Waals surface area contributed by atoms with E-state index in [-0.39, 0.29) is 24.0 Å². The van der Waals surface area contributed by atoms with E-state index in [1.54, 1.807) is 4.57 Å². The molecule has 1 aromatic heterocycles. The molecule has 19 heavy (non-hydrogen) atoms. The minimum atomic E-state index is -0.522. The number of nitrogens with zero attached hydrogens (tertiary/aromatic N) is 2. The Kier molecular flexibility index (Phi) is 5.50. The van der Waals surface area contributed by atoms with Crippen LogP contribution in [-0.2, 0) is 6.54 Å². The summed E-state index contributed by atoms with van der Waals surface area (Å²) in [5, 5.41) is 22.5. The number of aryl methyl sites for hydroxylation is 1. The molecule has 106 valence electrons. The number of aliphatic hydroxyl groups is 1. The third kappa shape index (κ3) is 3.78. The predicted octanol–water partition coefficient (Wildman–Crippen LogP) is 1.31. The summed E-state index contributed by atoms with van der Waals surface area (Å²) in [6, 6.07) is 0.922. The van der Waals surface area contributed by atoms with Crippen molar-refractivity contribution < 1.29 is 14.8 Å². The van der Waals surface area contributed by atoms with E-state index in [0.717, 1.165) is 6.42 Å². The number of rotatable bonds is 7. The van der Waals surface area contributed by atoms with E-state index in [1.165, 1.54) is 12.3 Å². The van der Waals surface area contributed by atoms with Gasteiger partial charge in [0.2, 0.25) is 0 Å². The summed E-state index contributed by atoms with van der Waals surface area (Å²) in [5.74, 6) is -0.401. The Bertz CT molecular complexity index is 452. The molecule has 0 aliphatic carbocycles. The van der Waals surface area contributed by atoms with E-state index >= 15 is 0 Å². The van der Waals surface area contributed by atoms with Gasteiger partial charge >= 0.3 is 0 Å². The Balaban J connectivity index is 2.96. The van der Waals surface area contributed by atoms with Gasteiger partial charge in [-0.15, -0.1) is 0 Å². The Morgan fingerprint density at radius 2 is 2.26 bits per heavy atom. The summed E-state index contributed by atoms with van der Waals surface area (Å²) >= 11 is 0. The second-order valence-corrected chi connectivity index (χ2v) is 4.30. The molecule has 0 aromatic carbocycles. The van der Waals surface area contributed by atoms with Gasteiger partial charge in [0.1, 0.15) is 5.69 Å². The fourth-order valence-electron chi connectivity index (χ4n) is 1.75. The highest BCUT2D eigenvalue weighted by molar-refractivity contribution is 5.93. The Labute approximate surface area is 111 Å². The van der Waals surface area contributed by atoms with E-state index in [9.17, 15) is 14.9 Å². The van der Waals surface area contributed by atoms with Gasteiger partial charge in [-0.25, -0.2) is 0 Å². The van der Waals surface area contributed by atoms with Crippen LogP contribution in [0.25, 0.3) is 0 Å². The van der Waals surface area contributed by atoms with E-state index in [0.29, 0.717) is 13.0 Å². The summed E-state index contributed by atoms with van der Waals surface area (Å²) in [6.07, 6.45) is 2.72. The van der Waals surface area contributed by atoms with Gasteiger partial charge in [-0.3, -0.25) is 14.9 Å². The van der Waals surface area contributed by atoms with Crippen molar-refractivity contribution >= 4 is 11.6 Å². The van der Waals surface area contributed by atoms with Gasteiger partial charge < -0.3 is 15.0 Å². The molecule has 0 saturated carbocycles. The van der Waals surface area contributed by atoms with Gasteiger partial charge in [0.25, 0.3) is 11.6 Å². The van der Waals surface area contributed by atoms with Crippen molar-refractivity contribution in [2.24, 2.45) is 0 Å². The molecule has 7 heteroatoms. The maximum absolute atomic E-state index is 12.0. The number of carbonyl (C=O) groups excluding carboxylic acids is 1. The second kappa shape index (κ2) is 6.89. The largest absolute Gasteiger partial charge is 0.394 e. The van der Waals surface area contributed by atoms with Gasteiger partial charge in [-0.2, -0.15) is 0 Å². The molecule has 0 spiro atoms. The zero-order valence-electron chi connectivity index (χ0n) is 11.1. The number of aromatic nitrogens is 1. The molecule has 0 aliphatic rings. The van der Waals surface area contributed by atoms with Crippen LogP contribution in [0.15, 0.2) is 12.3 Å². The smallest absolute Gasteiger partial charge is 0.287 e. The molecular weight excluding hydrogens is 250 g/mol. The first-order valence-corrected chi connectivity index (χ1v) is 6.29. The Morgan fingerprint density at radius 1 is 1.58 bits per heavy atom. The van der Waals surface area contributed by atoms with E-state index in [1.807, 2.05) is 13.8 Å². The SMILES string of the molecule is CCCn1cc([N+](=O)[O-])cc1C(=O)N[C@@H](CC)CO. The van der Waals surface area contributed by atoms with Crippen LogP contribution in [0.3, 0.4) is 0 Å². The molecule has 0 saturated heterocycles. The molecule has 7 nitrogen and oxygen atoms in total. The van der Waals surface area contributed by atoms with Crippen molar-refractivity contribution in [3.8, 4) is 0 Å². The molecule has 0 fully saturated rings. The zero-order valence-corrected chi connectivity index (χ0v) is 11.1.